The Labute approximate surface area is 190 Å². The number of benzene rings is 1. The maximum absolute atomic E-state index is 11.2. The van der Waals surface area contributed by atoms with Crippen molar-refractivity contribution in [1.82, 2.24) is 4.90 Å². The van der Waals surface area contributed by atoms with Gasteiger partial charge in [-0.2, -0.15) is 0 Å². The van der Waals surface area contributed by atoms with E-state index < -0.39 is 5.97 Å². The molecule has 1 atom stereocenters. The molecule has 29 heavy (non-hydrogen) atoms. The molecule has 1 fully saturated rings. The first-order valence-corrected chi connectivity index (χ1v) is 10.7. The molecule has 1 unspecified atom stereocenters. The summed E-state index contributed by atoms with van der Waals surface area (Å²) in [4.78, 5) is 19.9. The highest BCUT2D eigenvalue weighted by Crippen LogP contribution is 2.27. The van der Waals surface area contributed by atoms with Crippen molar-refractivity contribution >= 4 is 58.6 Å². The molecule has 3 rings (SSSR count). The third-order valence-electron chi connectivity index (χ3n) is 4.77. The summed E-state index contributed by atoms with van der Waals surface area (Å²) in [5.41, 5.74) is 2.54. The van der Waals surface area contributed by atoms with Crippen LogP contribution in [0.2, 0.25) is 10.0 Å². The molecular formula is C20H23Cl3N2O3S. The van der Waals surface area contributed by atoms with E-state index in [1.807, 2.05) is 24.4 Å². The average molecular weight is 478 g/mol. The van der Waals surface area contributed by atoms with E-state index in [9.17, 15) is 9.90 Å². The molecule has 2 heterocycles. The fraction of sp³-hybridized carbons (Fsp3) is 0.400. The van der Waals surface area contributed by atoms with Crippen molar-refractivity contribution in [3.63, 3.8) is 0 Å². The van der Waals surface area contributed by atoms with Gasteiger partial charge < -0.3 is 9.94 Å². The van der Waals surface area contributed by atoms with E-state index in [0.29, 0.717) is 35.5 Å². The minimum atomic E-state index is -0.725. The zero-order chi connectivity index (χ0) is 20.1. The van der Waals surface area contributed by atoms with Gasteiger partial charge in [-0.15, -0.1) is 23.7 Å². The molecule has 1 aromatic carbocycles. The summed E-state index contributed by atoms with van der Waals surface area (Å²) in [5, 5.41) is 16.7. The zero-order valence-electron chi connectivity index (χ0n) is 15.9. The zero-order valence-corrected chi connectivity index (χ0v) is 19.1. The van der Waals surface area contributed by atoms with Gasteiger partial charge in [0.2, 0.25) is 0 Å². The van der Waals surface area contributed by atoms with Gasteiger partial charge in [0.15, 0.2) is 0 Å². The Morgan fingerprint density at radius 3 is 2.83 bits per heavy atom. The Hall–Kier alpha value is -1.31. The lowest BCUT2D eigenvalue weighted by atomic mass is 9.98. The van der Waals surface area contributed by atoms with Gasteiger partial charge in [0, 0.05) is 23.7 Å². The van der Waals surface area contributed by atoms with Crippen molar-refractivity contribution in [3.05, 3.63) is 55.7 Å². The molecule has 0 radical (unpaired) electrons. The number of likely N-dealkylation sites (tertiary alicyclic amines) is 1. The van der Waals surface area contributed by atoms with E-state index >= 15 is 0 Å². The van der Waals surface area contributed by atoms with Crippen LogP contribution in [-0.2, 0) is 9.63 Å². The molecule has 1 aliphatic heterocycles. The molecule has 1 saturated heterocycles. The van der Waals surface area contributed by atoms with Gasteiger partial charge in [0.05, 0.1) is 15.8 Å². The van der Waals surface area contributed by atoms with E-state index in [-0.39, 0.29) is 18.3 Å². The van der Waals surface area contributed by atoms with Crippen molar-refractivity contribution in [2.24, 2.45) is 11.1 Å². The van der Waals surface area contributed by atoms with Gasteiger partial charge >= 0.3 is 5.97 Å². The lowest BCUT2D eigenvalue weighted by Gasteiger charge is -2.29. The molecule has 158 valence electrons. The topological polar surface area (TPSA) is 62.1 Å². The standard InChI is InChI=1S/C20H22Cl2N2O3S.ClH/c1-13-6-10-28-19(13)18(16-5-4-15(21)11-17(16)22)23-27-9-8-24-7-2-3-14(12-24)20(25)26;/h4-6,10-11,14H,2-3,7-9,12H2,1H3,(H,25,26);1H/b23-18+;. The highest BCUT2D eigenvalue weighted by Gasteiger charge is 2.25. The van der Waals surface area contributed by atoms with E-state index in [0.717, 1.165) is 35.4 Å². The minimum absolute atomic E-state index is 0. The largest absolute Gasteiger partial charge is 0.481 e. The van der Waals surface area contributed by atoms with Crippen LogP contribution in [0.1, 0.15) is 28.8 Å². The number of oxime groups is 1. The molecular weight excluding hydrogens is 455 g/mol. The first-order valence-electron chi connectivity index (χ1n) is 9.10. The van der Waals surface area contributed by atoms with Gasteiger partial charge in [-0.25, -0.2) is 0 Å². The fourth-order valence-corrected chi connectivity index (χ4v) is 4.67. The molecule has 1 aromatic heterocycles. The van der Waals surface area contributed by atoms with E-state index in [2.05, 4.69) is 10.1 Å². The van der Waals surface area contributed by atoms with Crippen LogP contribution in [0.15, 0.2) is 34.8 Å². The third kappa shape index (κ3) is 6.33. The molecule has 2 aromatic rings. The quantitative estimate of drug-likeness (QED) is 0.332. The first-order chi connectivity index (χ1) is 13.5. The van der Waals surface area contributed by atoms with Crippen LogP contribution in [0, 0.1) is 12.8 Å². The number of hydrogen-bond donors (Lipinski definition) is 1. The van der Waals surface area contributed by atoms with E-state index in [4.69, 9.17) is 28.0 Å². The van der Waals surface area contributed by atoms with Crippen molar-refractivity contribution in [2.75, 3.05) is 26.2 Å². The first kappa shape index (κ1) is 24.0. The third-order valence-corrected chi connectivity index (χ3v) is 6.34. The number of nitrogens with zero attached hydrogens (tertiary/aromatic N) is 2. The van der Waals surface area contributed by atoms with E-state index in [1.54, 1.807) is 23.5 Å². The van der Waals surface area contributed by atoms with Gasteiger partial charge in [0.25, 0.3) is 0 Å². The molecule has 5 nitrogen and oxygen atoms in total. The number of carboxylic acid groups (broad SMARTS) is 1. The Bertz CT molecular complexity index is 872. The predicted molar refractivity (Wildman–Crippen MR) is 121 cm³/mol. The van der Waals surface area contributed by atoms with Crippen LogP contribution in [-0.4, -0.2) is 47.9 Å². The summed E-state index contributed by atoms with van der Waals surface area (Å²) < 4.78 is 0. The fourth-order valence-electron chi connectivity index (χ4n) is 3.25. The molecule has 0 spiro atoms. The van der Waals surface area contributed by atoms with E-state index in [1.165, 1.54) is 0 Å². The molecule has 0 saturated carbocycles. The highest BCUT2D eigenvalue weighted by molar-refractivity contribution is 7.12. The average Bonchev–Trinajstić information content (AvgIpc) is 3.08. The second kappa shape index (κ2) is 11.2. The van der Waals surface area contributed by atoms with Crippen LogP contribution < -0.4 is 0 Å². The molecule has 1 aliphatic rings. The number of halogens is 3. The number of aliphatic carboxylic acids is 1. The Morgan fingerprint density at radius 2 is 2.17 bits per heavy atom. The normalized spacial score (nSPS) is 17.6. The lowest BCUT2D eigenvalue weighted by molar-refractivity contribution is -0.143. The number of rotatable bonds is 7. The maximum Gasteiger partial charge on any atom is 0.307 e. The summed E-state index contributed by atoms with van der Waals surface area (Å²) >= 11 is 14.0. The second-order valence-corrected chi connectivity index (χ2v) is 8.57. The highest BCUT2D eigenvalue weighted by atomic mass is 35.5. The second-order valence-electron chi connectivity index (χ2n) is 6.81. The van der Waals surface area contributed by atoms with Gasteiger partial charge in [-0.05, 0) is 61.5 Å². The number of piperidine rings is 1. The van der Waals surface area contributed by atoms with Crippen molar-refractivity contribution in [2.45, 2.75) is 19.8 Å². The van der Waals surface area contributed by atoms with Crippen molar-refractivity contribution < 1.29 is 14.7 Å². The molecule has 0 aliphatic carbocycles. The molecule has 1 N–H and O–H groups in total. The summed E-state index contributed by atoms with van der Waals surface area (Å²) in [6.07, 6.45) is 1.63. The summed E-state index contributed by atoms with van der Waals surface area (Å²) in [5.74, 6) is -1.02. The lowest BCUT2D eigenvalue weighted by Crippen LogP contribution is -2.40. The van der Waals surface area contributed by atoms with Crippen LogP contribution in [0.25, 0.3) is 0 Å². The maximum atomic E-state index is 11.2. The van der Waals surface area contributed by atoms with Crippen LogP contribution in [0.4, 0.5) is 0 Å². The number of carbonyl (C=O) groups is 1. The SMILES string of the molecule is Cc1ccsc1/C(=N/OCCN1CCCC(C(=O)O)C1)c1ccc(Cl)cc1Cl.Cl. The van der Waals surface area contributed by atoms with Crippen LogP contribution in [0.3, 0.4) is 0 Å². The Morgan fingerprint density at radius 1 is 1.38 bits per heavy atom. The van der Waals surface area contributed by atoms with Crippen LogP contribution in [0.5, 0.6) is 0 Å². The predicted octanol–water partition coefficient (Wildman–Crippen LogP) is 5.35. The molecule has 0 amide bonds. The monoisotopic (exact) mass is 476 g/mol. The smallest absolute Gasteiger partial charge is 0.307 e. The minimum Gasteiger partial charge on any atom is -0.481 e. The summed E-state index contributed by atoms with van der Waals surface area (Å²) in [7, 11) is 0. The van der Waals surface area contributed by atoms with Crippen molar-refractivity contribution in [3.8, 4) is 0 Å². The Balaban J connectivity index is 0.00000300. The number of aryl methyl sites for hydroxylation is 1. The Kier molecular flexibility index (Phi) is 9.24. The van der Waals surface area contributed by atoms with Crippen molar-refractivity contribution in [1.29, 1.82) is 0 Å². The molecule has 9 heteroatoms. The number of thiophene rings is 1. The van der Waals surface area contributed by atoms with Gasteiger partial charge in [-0.1, -0.05) is 28.4 Å². The number of carboxylic acids is 1. The number of hydrogen-bond acceptors (Lipinski definition) is 5. The van der Waals surface area contributed by atoms with Gasteiger partial charge in [0.1, 0.15) is 12.3 Å². The summed E-state index contributed by atoms with van der Waals surface area (Å²) in [6, 6.07) is 7.34. The van der Waals surface area contributed by atoms with Gasteiger partial charge in [-0.3, -0.25) is 9.69 Å². The van der Waals surface area contributed by atoms with Crippen LogP contribution >= 0.6 is 46.9 Å². The summed E-state index contributed by atoms with van der Waals surface area (Å²) in [6.45, 7) is 4.48. The molecule has 0 bridgehead atoms.